The van der Waals surface area contributed by atoms with Gasteiger partial charge in [-0.15, -0.1) is 0 Å². The number of anilines is 1. The number of benzene rings is 1. The lowest BCUT2D eigenvalue weighted by atomic mass is 9.59. The van der Waals surface area contributed by atoms with E-state index in [9.17, 15) is 44.0 Å². The van der Waals surface area contributed by atoms with Crippen LogP contribution in [-0.4, -0.2) is 80.1 Å². The zero-order valence-electron chi connectivity index (χ0n) is 20.0. The largest absolute Gasteiger partial charge is 0.508 e. The Morgan fingerprint density at radius 2 is 1.92 bits per heavy atom. The lowest BCUT2D eigenvalue weighted by Gasteiger charge is -2.46. The van der Waals surface area contributed by atoms with Gasteiger partial charge in [-0.25, -0.2) is 8.78 Å². The molecular weight excluding hydrogens is 508 g/mol. The predicted octanol–water partition coefficient (Wildman–Crippen LogP) is 0.545. The van der Waals surface area contributed by atoms with Crippen molar-refractivity contribution in [1.82, 2.24) is 4.90 Å². The molecule has 13 heteroatoms. The molecule has 1 aliphatic heterocycles. The molecule has 3 aliphatic carbocycles. The zero-order chi connectivity index (χ0) is 27.7. The van der Waals surface area contributed by atoms with Crippen molar-refractivity contribution in [3.05, 3.63) is 39.9 Å². The second kappa shape index (κ2) is 8.88. The van der Waals surface area contributed by atoms with E-state index in [-0.39, 0.29) is 37.9 Å². The van der Waals surface area contributed by atoms with Crippen molar-refractivity contribution in [2.45, 2.75) is 37.5 Å². The molecule has 2 amide bonds. The predicted molar refractivity (Wildman–Crippen MR) is 126 cm³/mol. The number of nitrogens with zero attached hydrogens (tertiary/aromatic N) is 1. The maximum absolute atomic E-state index is 15.2. The fourth-order valence-electron chi connectivity index (χ4n) is 6.06. The summed E-state index contributed by atoms with van der Waals surface area (Å²) < 4.78 is 28.6. The Kier molecular flexibility index (Phi) is 6.03. The highest BCUT2D eigenvalue weighted by molar-refractivity contribution is 6.22. The first-order valence-corrected chi connectivity index (χ1v) is 12.0. The summed E-state index contributed by atoms with van der Waals surface area (Å²) in [6.45, 7) is 0.194. The van der Waals surface area contributed by atoms with E-state index in [1.165, 1.54) is 0 Å². The maximum Gasteiger partial charge on any atom is 0.255 e. The molecule has 1 aromatic rings. The van der Waals surface area contributed by atoms with Crippen LogP contribution in [0, 0.1) is 17.7 Å². The van der Waals surface area contributed by atoms with Gasteiger partial charge in [-0.1, -0.05) is 0 Å². The van der Waals surface area contributed by atoms with Gasteiger partial charge in [-0.05, 0) is 25.2 Å². The first kappa shape index (κ1) is 25.8. The second-order valence-electron chi connectivity index (χ2n) is 10.2. The zero-order valence-corrected chi connectivity index (χ0v) is 20.0. The van der Waals surface area contributed by atoms with Crippen LogP contribution in [0.4, 0.5) is 14.5 Å². The van der Waals surface area contributed by atoms with Gasteiger partial charge in [0.2, 0.25) is 11.7 Å². The van der Waals surface area contributed by atoms with Crippen molar-refractivity contribution < 1.29 is 48.4 Å². The summed E-state index contributed by atoms with van der Waals surface area (Å²) in [6, 6.07) is 0.866. The summed E-state index contributed by atoms with van der Waals surface area (Å²) in [7, 11) is 0. The van der Waals surface area contributed by atoms with Gasteiger partial charge in [0.1, 0.15) is 29.1 Å². The van der Waals surface area contributed by atoms with Crippen LogP contribution < -0.4 is 11.1 Å². The molecule has 4 atom stereocenters. The molecule has 1 unspecified atom stereocenters. The number of nitrogens with two attached hydrogens (primary N) is 1. The molecule has 0 radical (unpaired) electrons. The minimum atomic E-state index is -2.74. The third kappa shape index (κ3) is 3.76. The summed E-state index contributed by atoms with van der Waals surface area (Å²) in [5.74, 6) is -9.83. The fourth-order valence-corrected chi connectivity index (χ4v) is 6.06. The minimum absolute atomic E-state index is 0.0581. The standard InChI is InChI=1S/C25H25F2N3O8/c26-11-1-2-30(7-11)8-16(32)29-14-6-13(27)12-4-9-3-10-5-15(31)19(24(28)37)23(36)25(10,38)22(35)17(9)21(34)18(12)20(14)33/h6,9-11,33-34,36,38H,1-5,7-8H2,(H2,28,37)(H,29,32)/t9?,10-,11-,25-/m0/s1. The topological polar surface area (TPSA) is 190 Å². The van der Waals surface area contributed by atoms with Crippen LogP contribution in [-0.2, 0) is 25.6 Å². The van der Waals surface area contributed by atoms with Crippen molar-refractivity contribution in [2.24, 2.45) is 17.6 Å². The molecule has 11 nitrogen and oxygen atoms in total. The Morgan fingerprint density at radius 3 is 2.55 bits per heavy atom. The summed E-state index contributed by atoms with van der Waals surface area (Å²) >= 11 is 0. The summed E-state index contributed by atoms with van der Waals surface area (Å²) in [6.07, 6.45) is -1.61. The Bertz CT molecular complexity index is 1370. The van der Waals surface area contributed by atoms with E-state index in [2.05, 4.69) is 5.32 Å². The fraction of sp³-hybridized carbons (Fsp3) is 0.440. The number of phenolic OH excluding ortho intramolecular Hbond substituents is 1. The molecule has 202 valence electrons. The Morgan fingerprint density at radius 1 is 1.21 bits per heavy atom. The maximum atomic E-state index is 15.2. The number of halogens is 2. The number of alkyl halides is 1. The molecule has 1 saturated carbocycles. The van der Waals surface area contributed by atoms with E-state index < -0.39 is 98.9 Å². The van der Waals surface area contributed by atoms with Crippen molar-refractivity contribution in [1.29, 1.82) is 0 Å². The normalized spacial score (nSPS) is 29.2. The van der Waals surface area contributed by atoms with Crippen molar-refractivity contribution >= 4 is 34.8 Å². The third-order valence-electron chi connectivity index (χ3n) is 7.87. The molecular formula is C25H25F2N3O8. The van der Waals surface area contributed by atoms with Crippen LogP contribution in [0.2, 0.25) is 0 Å². The van der Waals surface area contributed by atoms with Gasteiger partial charge in [-0.3, -0.25) is 24.1 Å². The minimum Gasteiger partial charge on any atom is -0.508 e. The van der Waals surface area contributed by atoms with Gasteiger partial charge in [0.15, 0.2) is 17.1 Å². The molecule has 38 heavy (non-hydrogen) atoms. The number of amides is 2. The van der Waals surface area contributed by atoms with Gasteiger partial charge < -0.3 is 31.5 Å². The monoisotopic (exact) mass is 533 g/mol. The Labute approximate surface area is 214 Å². The quantitative estimate of drug-likeness (QED) is 0.237. The summed E-state index contributed by atoms with van der Waals surface area (Å²) in [5, 5.41) is 46.1. The number of aliphatic hydroxyl groups is 3. The number of hydrogen-bond donors (Lipinski definition) is 6. The van der Waals surface area contributed by atoms with Crippen molar-refractivity contribution in [2.75, 3.05) is 25.0 Å². The van der Waals surface area contributed by atoms with Crippen LogP contribution in [0.3, 0.4) is 0 Å². The molecule has 5 rings (SSSR count). The van der Waals surface area contributed by atoms with Crippen LogP contribution in [0.15, 0.2) is 23.0 Å². The Balaban J connectivity index is 1.53. The lowest BCUT2D eigenvalue weighted by Crippen LogP contribution is -2.58. The molecule has 0 bridgehead atoms. The van der Waals surface area contributed by atoms with Crippen LogP contribution in [0.25, 0.3) is 5.76 Å². The number of likely N-dealkylation sites (tertiary alicyclic amines) is 1. The van der Waals surface area contributed by atoms with Gasteiger partial charge in [0.05, 0.1) is 17.8 Å². The van der Waals surface area contributed by atoms with E-state index in [4.69, 9.17) is 5.73 Å². The Hall–Kier alpha value is -3.84. The molecule has 1 heterocycles. The number of phenols is 1. The third-order valence-corrected chi connectivity index (χ3v) is 7.87. The van der Waals surface area contributed by atoms with Gasteiger partial charge in [0.25, 0.3) is 5.91 Å². The molecule has 1 saturated heterocycles. The van der Waals surface area contributed by atoms with E-state index in [1.54, 1.807) is 4.90 Å². The highest BCUT2D eigenvalue weighted by Gasteiger charge is 2.60. The smallest absolute Gasteiger partial charge is 0.255 e. The highest BCUT2D eigenvalue weighted by Crippen LogP contribution is 2.53. The van der Waals surface area contributed by atoms with E-state index >= 15 is 4.39 Å². The average molecular weight is 533 g/mol. The highest BCUT2D eigenvalue weighted by atomic mass is 19.1. The first-order valence-electron chi connectivity index (χ1n) is 12.0. The average Bonchev–Trinajstić information content (AvgIpc) is 3.23. The van der Waals surface area contributed by atoms with Crippen LogP contribution >= 0.6 is 0 Å². The molecule has 1 aromatic carbocycles. The van der Waals surface area contributed by atoms with Gasteiger partial charge >= 0.3 is 0 Å². The first-order chi connectivity index (χ1) is 17.8. The number of carbonyl (C=O) groups is 4. The van der Waals surface area contributed by atoms with Crippen LogP contribution in [0.5, 0.6) is 5.75 Å². The van der Waals surface area contributed by atoms with Crippen molar-refractivity contribution in [3.8, 4) is 5.75 Å². The SMILES string of the molecule is NC(=O)C1=C(O)[C@@]2(O)C(=O)C3=C(O)c4c(O)c(NC(=O)CN5CC[C@H](F)C5)cc(F)c4CC3C[C@H]2CC1=O. The second-order valence-corrected chi connectivity index (χ2v) is 10.2. The van der Waals surface area contributed by atoms with Gasteiger partial charge in [-0.2, -0.15) is 0 Å². The number of hydrogen-bond acceptors (Lipinski definition) is 9. The number of rotatable bonds is 4. The number of fused-ring (bicyclic) bond motifs is 3. The number of aliphatic hydroxyl groups excluding tert-OH is 2. The number of carbonyl (C=O) groups excluding carboxylic acids is 4. The lowest BCUT2D eigenvalue weighted by molar-refractivity contribution is -0.147. The molecule has 2 fully saturated rings. The number of primary amides is 1. The number of Topliss-reactive ketones (excluding diaryl/α,β-unsaturated/α-hetero) is 2. The molecule has 7 N–H and O–H groups in total. The van der Waals surface area contributed by atoms with Gasteiger partial charge in [0, 0.05) is 42.6 Å². The summed E-state index contributed by atoms with van der Waals surface area (Å²) in [4.78, 5) is 51.6. The molecule has 0 aromatic heterocycles. The van der Waals surface area contributed by atoms with E-state index in [1.807, 2.05) is 0 Å². The van der Waals surface area contributed by atoms with Crippen molar-refractivity contribution in [3.63, 3.8) is 0 Å². The van der Waals surface area contributed by atoms with E-state index in [0.717, 1.165) is 6.07 Å². The number of ketones is 2. The van der Waals surface area contributed by atoms with E-state index in [0.29, 0.717) is 6.54 Å². The molecule has 4 aliphatic rings. The number of aromatic hydroxyl groups is 1. The van der Waals surface area contributed by atoms with Crippen LogP contribution in [0.1, 0.15) is 30.4 Å². The number of nitrogens with one attached hydrogen (secondary N) is 1. The summed E-state index contributed by atoms with van der Waals surface area (Å²) in [5.41, 5.74) is 0.0619. The molecule has 0 spiro atoms.